The minimum Gasteiger partial charge on any atom is -0.484 e. The Morgan fingerprint density at radius 2 is 1.69 bits per heavy atom. The summed E-state index contributed by atoms with van der Waals surface area (Å²) in [6.07, 6.45) is 0. The molecule has 0 radical (unpaired) electrons. The molecule has 0 unspecified atom stereocenters. The van der Waals surface area contributed by atoms with Crippen LogP contribution >= 0.6 is 0 Å². The molecular formula is C26H20N2O4. The van der Waals surface area contributed by atoms with Gasteiger partial charge in [0.1, 0.15) is 11.5 Å². The van der Waals surface area contributed by atoms with Crippen molar-refractivity contribution >= 4 is 34.0 Å². The van der Waals surface area contributed by atoms with Gasteiger partial charge in [-0.3, -0.25) is 9.59 Å². The Kier molecular flexibility index (Phi) is 4.95. The third-order valence-electron chi connectivity index (χ3n) is 5.34. The van der Waals surface area contributed by atoms with Gasteiger partial charge in [-0.1, -0.05) is 42.5 Å². The molecule has 0 bridgehead atoms. The highest BCUT2D eigenvalue weighted by Crippen LogP contribution is 2.38. The maximum atomic E-state index is 13.0. The average molecular weight is 424 g/mol. The lowest BCUT2D eigenvalue weighted by molar-refractivity contribution is -0.118. The number of fused-ring (bicyclic) bond motifs is 3. The fourth-order valence-corrected chi connectivity index (χ4v) is 3.70. The number of hydrogen-bond acceptors (Lipinski definition) is 4. The fraction of sp³-hybridized carbons (Fsp3) is 0.0769. The number of rotatable bonds is 4. The largest absolute Gasteiger partial charge is 0.484 e. The Bertz CT molecular complexity index is 1350. The van der Waals surface area contributed by atoms with Gasteiger partial charge in [-0.15, -0.1) is 0 Å². The van der Waals surface area contributed by atoms with E-state index in [2.05, 4.69) is 5.32 Å². The topological polar surface area (TPSA) is 67.9 Å². The SMILES string of the molecule is CN1C(=O)c2cc(NC(=O)COc3ccc4ccccc4c3)ccc2Oc2ccccc21. The second-order valence-electron chi connectivity index (χ2n) is 7.49. The molecular weight excluding hydrogens is 404 g/mol. The Labute approximate surface area is 185 Å². The van der Waals surface area contributed by atoms with Crippen LogP contribution < -0.4 is 19.7 Å². The highest BCUT2D eigenvalue weighted by Gasteiger charge is 2.25. The zero-order valence-electron chi connectivity index (χ0n) is 17.4. The quantitative estimate of drug-likeness (QED) is 0.487. The van der Waals surface area contributed by atoms with Crippen molar-refractivity contribution in [1.82, 2.24) is 0 Å². The summed E-state index contributed by atoms with van der Waals surface area (Å²) < 4.78 is 11.6. The Morgan fingerprint density at radius 1 is 0.906 bits per heavy atom. The summed E-state index contributed by atoms with van der Waals surface area (Å²) in [6.45, 7) is -0.148. The summed E-state index contributed by atoms with van der Waals surface area (Å²) in [7, 11) is 1.70. The zero-order chi connectivity index (χ0) is 22.1. The molecule has 0 spiro atoms. The summed E-state index contributed by atoms with van der Waals surface area (Å²) in [5, 5.41) is 4.93. The van der Waals surface area contributed by atoms with Crippen molar-refractivity contribution in [2.75, 3.05) is 23.9 Å². The highest BCUT2D eigenvalue weighted by atomic mass is 16.5. The van der Waals surface area contributed by atoms with Crippen LogP contribution in [0.5, 0.6) is 17.2 Å². The van der Waals surface area contributed by atoms with E-state index < -0.39 is 0 Å². The molecule has 4 aromatic carbocycles. The second kappa shape index (κ2) is 8.07. The summed E-state index contributed by atoms with van der Waals surface area (Å²) in [6, 6.07) is 26.0. The van der Waals surface area contributed by atoms with Gasteiger partial charge in [0.05, 0.1) is 11.3 Å². The van der Waals surface area contributed by atoms with Crippen LogP contribution in [0.1, 0.15) is 10.4 Å². The maximum absolute atomic E-state index is 13.0. The van der Waals surface area contributed by atoms with E-state index in [1.165, 1.54) is 4.90 Å². The summed E-state index contributed by atoms with van der Waals surface area (Å²) in [5.74, 6) is 1.12. The molecule has 1 N–H and O–H groups in total. The van der Waals surface area contributed by atoms with E-state index in [1.54, 1.807) is 25.2 Å². The van der Waals surface area contributed by atoms with Crippen molar-refractivity contribution in [1.29, 1.82) is 0 Å². The number of nitrogens with one attached hydrogen (secondary N) is 1. The average Bonchev–Trinajstić information content (AvgIpc) is 2.92. The van der Waals surface area contributed by atoms with Crippen LogP contribution in [-0.2, 0) is 4.79 Å². The molecule has 0 fully saturated rings. The Hall–Kier alpha value is -4.32. The number of carbonyl (C=O) groups excluding carboxylic acids is 2. The van der Waals surface area contributed by atoms with Crippen molar-refractivity contribution in [2.45, 2.75) is 0 Å². The summed E-state index contributed by atoms with van der Waals surface area (Å²) in [4.78, 5) is 26.9. The van der Waals surface area contributed by atoms with E-state index in [4.69, 9.17) is 9.47 Å². The van der Waals surface area contributed by atoms with Gasteiger partial charge in [-0.05, 0) is 53.2 Å². The van der Waals surface area contributed by atoms with Crippen molar-refractivity contribution in [3.05, 3.63) is 90.5 Å². The number of amides is 2. The van der Waals surface area contributed by atoms with Crippen molar-refractivity contribution in [3.63, 3.8) is 0 Å². The molecule has 0 atom stereocenters. The number of nitrogens with zero attached hydrogens (tertiary/aromatic N) is 1. The third kappa shape index (κ3) is 3.74. The number of para-hydroxylation sites is 2. The van der Waals surface area contributed by atoms with Crippen LogP contribution in [0.4, 0.5) is 11.4 Å². The van der Waals surface area contributed by atoms with Crippen molar-refractivity contribution in [3.8, 4) is 17.2 Å². The first-order chi connectivity index (χ1) is 15.6. The van der Waals surface area contributed by atoms with Crippen LogP contribution in [0, 0.1) is 0 Å². The van der Waals surface area contributed by atoms with E-state index in [9.17, 15) is 9.59 Å². The number of ether oxygens (including phenoxy) is 2. The zero-order valence-corrected chi connectivity index (χ0v) is 17.4. The van der Waals surface area contributed by atoms with Gasteiger partial charge in [-0.2, -0.15) is 0 Å². The van der Waals surface area contributed by atoms with Gasteiger partial charge in [0.15, 0.2) is 12.4 Å². The van der Waals surface area contributed by atoms with Crippen LogP contribution in [0.3, 0.4) is 0 Å². The van der Waals surface area contributed by atoms with E-state index in [0.717, 1.165) is 10.8 Å². The molecule has 1 aliphatic rings. The summed E-state index contributed by atoms with van der Waals surface area (Å²) >= 11 is 0. The molecule has 0 saturated carbocycles. The minimum atomic E-state index is -0.322. The third-order valence-corrected chi connectivity index (χ3v) is 5.34. The number of hydrogen-bond donors (Lipinski definition) is 1. The standard InChI is InChI=1S/C26H20N2O4/c1-28-22-8-4-5-9-24(22)32-23-13-11-19(15-21(23)26(28)30)27-25(29)16-31-20-12-10-17-6-2-3-7-18(17)14-20/h2-15H,16H2,1H3,(H,27,29). The van der Waals surface area contributed by atoms with Gasteiger partial charge in [0, 0.05) is 12.7 Å². The monoisotopic (exact) mass is 424 g/mol. The highest BCUT2D eigenvalue weighted by molar-refractivity contribution is 6.10. The first-order valence-corrected chi connectivity index (χ1v) is 10.2. The van der Waals surface area contributed by atoms with Gasteiger partial charge < -0.3 is 19.7 Å². The van der Waals surface area contributed by atoms with E-state index in [1.807, 2.05) is 66.7 Å². The molecule has 2 amide bonds. The second-order valence-corrected chi connectivity index (χ2v) is 7.49. The molecule has 1 aliphatic heterocycles. The van der Waals surface area contributed by atoms with Gasteiger partial charge >= 0.3 is 0 Å². The van der Waals surface area contributed by atoms with Crippen LogP contribution in [0.15, 0.2) is 84.9 Å². The smallest absolute Gasteiger partial charge is 0.262 e. The minimum absolute atomic E-state index is 0.148. The molecule has 32 heavy (non-hydrogen) atoms. The number of benzene rings is 4. The number of anilines is 2. The molecule has 0 aromatic heterocycles. The van der Waals surface area contributed by atoms with Gasteiger partial charge in [0.2, 0.25) is 0 Å². The lowest BCUT2D eigenvalue weighted by Crippen LogP contribution is -2.25. The van der Waals surface area contributed by atoms with Gasteiger partial charge in [-0.25, -0.2) is 0 Å². The molecule has 1 heterocycles. The van der Waals surface area contributed by atoms with Crippen molar-refractivity contribution < 1.29 is 19.1 Å². The van der Waals surface area contributed by atoms with E-state index in [-0.39, 0.29) is 18.4 Å². The van der Waals surface area contributed by atoms with Crippen LogP contribution in [0.25, 0.3) is 10.8 Å². The first kappa shape index (κ1) is 19.6. The predicted octanol–water partition coefficient (Wildman–Crippen LogP) is 5.24. The molecule has 158 valence electrons. The lowest BCUT2D eigenvalue weighted by atomic mass is 10.1. The maximum Gasteiger partial charge on any atom is 0.262 e. The first-order valence-electron chi connectivity index (χ1n) is 10.2. The summed E-state index contributed by atoms with van der Waals surface area (Å²) in [5.41, 5.74) is 1.55. The van der Waals surface area contributed by atoms with E-state index >= 15 is 0 Å². The van der Waals surface area contributed by atoms with Gasteiger partial charge in [0.25, 0.3) is 11.8 Å². The van der Waals surface area contributed by atoms with Crippen LogP contribution in [-0.4, -0.2) is 25.5 Å². The molecule has 5 rings (SSSR count). The molecule has 0 saturated heterocycles. The van der Waals surface area contributed by atoms with Crippen LogP contribution in [0.2, 0.25) is 0 Å². The van der Waals surface area contributed by atoms with E-state index in [0.29, 0.717) is 34.2 Å². The Morgan fingerprint density at radius 3 is 2.56 bits per heavy atom. The fourth-order valence-electron chi connectivity index (χ4n) is 3.70. The Balaban J connectivity index is 1.30. The van der Waals surface area contributed by atoms with Crippen molar-refractivity contribution in [2.24, 2.45) is 0 Å². The predicted molar refractivity (Wildman–Crippen MR) is 124 cm³/mol. The normalized spacial score (nSPS) is 12.4. The molecule has 6 nitrogen and oxygen atoms in total. The molecule has 4 aromatic rings. The molecule has 0 aliphatic carbocycles. The molecule has 6 heteroatoms. The number of carbonyl (C=O) groups is 2. The lowest BCUT2D eigenvalue weighted by Gasteiger charge is -2.16.